The Labute approximate surface area is 192 Å². The van der Waals surface area contributed by atoms with E-state index in [9.17, 15) is 4.79 Å². The molecule has 0 aliphatic carbocycles. The number of carbonyl (C=O) groups is 1. The Morgan fingerprint density at radius 2 is 1.67 bits per heavy atom. The predicted molar refractivity (Wildman–Crippen MR) is 128 cm³/mol. The standard InChI is InChI=1S/C26H25N5O2/c1-18-7-3-4-8-22(18)26-30-29-25(33-26)20-11-9-19(10-12-20)24(32)28-21-13-14-23(27-17-21)31-15-5-2-6-16-31/h3-4,7-14,17H,2,5-6,15-16H2,1H3,(H,28,32). The number of amides is 1. The average Bonchev–Trinajstić information content (AvgIpc) is 3.35. The van der Waals surface area contributed by atoms with Gasteiger partial charge in [-0.2, -0.15) is 0 Å². The number of nitrogens with one attached hydrogen (secondary N) is 1. The number of rotatable bonds is 5. The number of aromatic nitrogens is 3. The van der Waals surface area contributed by atoms with E-state index in [1.54, 1.807) is 18.3 Å². The van der Waals surface area contributed by atoms with Crippen molar-refractivity contribution in [1.82, 2.24) is 15.2 Å². The molecule has 1 amide bonds. The van der Waals surface area contributed by atoms with Crippen molar-refractivity contribution in [3.63, 3.8) is 0 Å². The number of hydrogen-bond acceptors (Lipinski definition) is 6. The highest BCUT2D eigenvalue weighted by Crippen LogP contribution is 2.26. The first-order valence-corrected chi connectivity index (χ1v) is 11.2. The smallest absolute Gasteiger partial charge is 0.255 e. The summed E-state index contributed by atoms with van der Waals surface area (Å²) in [5.41, 5.74) is 3.94. The van der Waals surface area contributed by atoms with Crippen molar-refractivity contribution in [2.24, 2.45) is 0 Å². The lowest BCUT2D eigenvalue weighted by Crippen LogP contribution is -2.30. The summed E-state index contributed by atoms with van der Waals surface area (Å²) in [5, 5.41) is 11.2. The average molecular weight is 440 g/mol. The quantitative estimate of drug-likeness (QED) is 0.451. The maximum Gasteiger partial charge on any atom is 0.255 e. The predicted octanol–water partition coefficient (Wildman–Crippen LogP) is 5.35. The van der Waals surface area contributed by atoms with Crippen LogP contribution in [0.5, 0.6) is 0 Å². The van der Waals surface area contributed by atoms with Gasteiger partial charge in [0.25, 0.3) is 5.91 Å². The maximum atomic E-state index is 12.7. The number of hydrogen-bond donors (Lipinski definition) is 1. The molecule has 1 fully saturated rings. The summed E-state index contributed by atoms with van der Waals surface area (Å²) in [6.07, 6.45) is 5.39. The molecule has 0 bridgehead atoms. The lowest BCUT2D eigenvalue weighted by molar-refractivity contribution is 0.102. The Kier molecular flexibility index (Phi) is 5.85. The van der Waals surface area contributed by atoms with Gasteiger partial charge in [0.2, 0.25) is 11.8 Å². The van der Waals surface area contributed by atoms with Crippen molar-refractivity contribution in [2.75, 3.05) is 23.3 Å². The van der Waals surface area contributed by atoms with E-state index in [1.807, 2.05) is 55.5 Å². The first-order chi connectivity index (χ1) is 16.2. The third kappa shape index (κ3) is 4.62. The van der Waals surface area contributed by atoms with Crippen LogP contribution in [0, 0.1) is 6.92 Å². The van der Waals surface area contributed by atoms with Crippen molar-refractivity contribution in [3.8, 4) is 22.9 Å². The zero-order valence-electron chi connectivity index (χ0n) is 18.5. The molecule has 0 radical (unpaired) electrons. The van der Waals surface area contributed by atoms with Gasteiger partial charge in [-0.15, -0.1) is 10.2 Å². The van der Waals surface area contributed by atoms with Crippen molar-refractivity contribution in [1.29, 1.82) is 0 Å². The van der Waals surface area contributed by atoms with Crippen molar-refractivity contribution >= 4 is 17.4 Å². The lowest BCUT2D eigenvalue weighted by atomic mass is 10.1. The summed E-state index contributed by atoms with van der Waals surface area (Å²) in [7, 11) is 0. The van der Waals surface area contributed by atoms with E-state index >= 15 is 0 Å². The monoisotopic (exact) mass is 439 g/mol. The minimum absolute atomic E-state index is 0.194. The van der Waals surface area contributed by atoms with Gasteiger partial charge in [0.1, 0.15) is 5.82 Å². The topological polar surface area (TPSA) is 84.2 Å². The van der Waals surface area contributed by atoms with Gasteiger partial charge < -0.3 is 14.6 Å². The summed E-state index contributed by atoms with van der Waals surface area (Å²) in [5.74, 6) is 1.66. The second-order valence-corrected chi connectivity index (χ2v) is 8.21. The number of piperidine rings is 1. The zero-order chi connectivity index (χ0) is 22.6. The van der Waals surface area contributed by atoms with Crippen LogP contribution in [0.2, 0.25) is 0 Å². The SMILES string of the molecule is Cc1ccccc1-c1nnc(-c2ccc(C(=O)Nc3ccc(N4CCCCC4)nc3)cc2)o1. The Morgan fingerprint density at radius 1 is 0.909 bits per heavy atom. The minimum Gasteiger partial charge on any atom is -0.416 e. The molecule has 1 N–H and O–H groups in total. The number of benzene rings is 2. The fraction of sp³-hybridized carbons (Fsp3) is 0.231. The van der Waals surface area contributed by atoms with Gasteiger partial charge in [0, 0.05) is 29.8 Å². The van der Waals surface area contributed by atoms with Crippen LogP contribution in [-0.4, -0.2) is 34.2 Å². The summed E-state index contributed by atoms with van der Waals surface area (Å²) >= 11 is 0. The molecule has 2 aromatic heterocycles. The first-order valence-electron chi connectivity index (χ1n) is 11.2. The van der Waals surface area contributed by atoms with Crippen LogP contribution in [0.25, 0.3) is 22.9 Å². The van der Waals surface area contributed by atoms with Gasteiger partial charge in [-0.25, -0.2) is 4.98 Å². The van der Waals surface area contributed by atoms with Gasteiger partial charge in [0.05, 0.1) is 11.9 Å². The van der Waals surface area contributed by atoms with Crippen LogP contribution in [0.15, 0.2) is 71.3 Å². The minimum atomic E-state index is -0.194. The van der Waals surface area contributed by atoms with Crippen LogP contribution < -0.4 is 10.2 Å². The number of aryl methyl sites for hydroxylation is 1. The molecule has 33 heavy (non-hydrogen) atoms. The van der Waals surface area contributed by atoms with E-state index < -0.39 is 0 Å². The summed E-state index contributed by atoms with van der Waals surface area (Å²) in [6.45, 7) is 4.08. The number of anilines is 2. The second kappa shape index (κ2) is 9.24. The van der Waals surface area contributed by atoms with Crippen molar-refractivity contribution in [3.05, 3.63) is 78.0 Å². The Hall–Kier alpha value is -4.00. The molecule has 7 heteroatoms. The highest BCUT2D eigenvalue weighted by atomic mass is 16.4. The molecule has 3 heterocycles. The van der Waals surface area contributed by atoms with Gasteiger partial charge in [-0.3, -0.25) is 4.79 Å². The van der Waals surface area contributed by atoms with Crippen LogP contribution >= 0.6 is 0 Å². The number of nitrogens with zero attached hydrogens (tertiary/aromatic N) is 4. The van der Waals surface area contributed by atoms with Crippen LogP contribution in [0.1, 0.15) is 35.2 Å². The van der Waals surface area contributed by atoms with E-state index in [0.29, 0.717) is 23.0 Å². The molecular formula is C26H25N5O2. The van der Waals surface area contributed by atoms with Crippen LogP contribution in [0.4, 0.5) is 11.5 Å². The first kappa shape index (κ1) is 20.9. The molecule has 1 aliphatic rings. The molecular weight excluding hydrogens is 414 g/mol. The normalized spacial score (nSPS) is 13.7. The molecule has 4 aromatic rings. The fourth-order valence-corrected chi connectivity index (χ4v) is 4.00. The highest BCUT2D eigenvalue weighted by Gasteiger charge is 2.14. The molecule has 1 aliphatic heterocycles. The van der Waals surface area contributed by atoms with E-state index in [4.69, 9.17) is 4.42 Å². The molecule has 0 spiro atoms. The number of carbonyl (C=O) groups excluding carboxylic acids is 1. The maximum absolute atomic E-state index is 12.7. The third-order valence-electron chi connectivity index (χ3n) is 5.88. The molecule has 0 saturated carbocycles. The Bertz CT molecular complexity index is 1240. The molecule has 0 atom stereocenters. The third-order valence-corrected chi connectivity index (χ3v) is 5.88. The summed E-state index contributed by atoms with van der Waals surface area (Å²) in [4.78, 5) is 19.5. The number of pyridine rings is 1. The molecule has 5 rings (SSSR count). The van der Waals surface area contributed by atoms with Crippen molar-refractivity contribution in [2.45, 2.75) is 26.2 Å². The molecule has 2 aromatic carbocycles. The summed E-state index contributed by atoms with van der Waals surface area (Å²) in [6, 6.07) is 18.8. The van der Waals surface area contributed by atoms with E-state index in [1.165, 1.54) is 19.3 Å². The van der Waals surface area contributed by atoms with Gasteiger partial charge in [-0.05, 0) is 74.2 Å². The molecule has 166 valence electrons. The molecule has 7 nitrogen and oxygen atoms in total. The van der Waals surface area contributed by atoms with Gasteiger partial charge >= 0.3 is 0 Å². The van der Waals surface area contributed by atoms with E-state index in [-0.39, 0.29) is 5.91 Å². The second-order valence-electron chi connectivity index (χ2n) is 8.21. The van der Waals surface area contributed by atoms with E-state index in [0.717, 1.165) is 35.6 Å². The molecule has 1 saturated heterocycles. The largest absolute Gasteiger partial charge is 0.416 e. The lowest BCUT2D eigenvalue weighted by Gasteiger charge is -2.27. The highest BCUT2D eigenvalue weighted by molar-refractivity contribution is 6.04. The van der Waals surface area contributed by atoms with Gasteiger partial charge in [0.15, 0.2) is 0 Å². The van der Waals surface area contributed by atoms with Crippen LogP contribution in [-0.2, 0) is 0 Å². The Balaban J connectivity index is 1.25. The van der Waals surface area contributed by atoms with Crippen LogP contribution in [0.3, 0.4) is 0 Å². The van der Waals surface area contributed by atoms with Gasteiger partial charge in [-0.1, -0.05) is 18.2 Å². The molecule has 0 unspecified atom stereocenters. The van der Waals surface area contributed by atoms with E-state index in [2.05, 4.69) is 25.4 Å². The fourth-order valence-electron chi connectivity index (χ4n) is 4.00. The summed E-state index contributed by atoms with van der Waals surface area (Å²) < 4.78 is 5.86. The van der Waals surface area contributed by atoms with Crippen molar-refractivity contribution < 1.29 is 9.21 Å². The zero-order valence-corrected chi connectivity index (χ0v) is 18.5. The Morgan fingerprint density at radius 3 is 2.39 bits per heavy atom.